The summed E-state index contributed by atoms with van der Waals surface area (Å²) in [6, 6.07) is 11.6. The van der Waals surface area contributed by atoms with Gasteiger partial charge in [0.2, 0.25) is 12.3 Å². The highest BCUT2D eigenvalue weighted by Gasteiger charge is 2.66. The second kappa shape index (κ2) is 8.81. The van der Waals surface area contributed by atoms with Gasteiger partial charge < -0.3 is 30.1 Å². The number of anilines is 1. The Kier molecular flexibility index (Phi) is 5.71. The quantitative estimate of drug-likeness (QED) is 0.567. The largest absolute Gasteiger partial charge is 0.393 e. The van der Waals surface area contributed by atoms with E-state index in [1.165, 1.54) is 12.1 Å². The summed E-state index contributed by atoms with van der Waals surface area (Å²) in [7, 11) is 1.57. The van der Waals surface area contributed by atoms with E-state index in [2.05, 4.69) is 10.6 Å². The summed E-state index contributed by atoms with van der Waals surface area (Å²) >= 11 is 0. The summed E-state index contributed by atoms with van der Waals surface area (Å²) < 4.78 is 25.7. The highest BCUT2D eigenvalue weighted by Crippen LogP contribution is 2.56. The molecule has 3 amide bonds. The molecule has 4 fully saturated rings. The number of urea groups is 1. The lowest BCUT2D eigenvalue weighted by molar-refractivity contribution is -0.285. The third-order valence-electron chi connectivity index (χ3n) is 7.77. The van der Waals surface area contributed by atoms with Crippen molar-refractivity contribution in [2.75, 3.05) is 18.9 Å². The molecule has 0 aromatic heterocycles. The number of aliphatic hydroxyl groups is 1. The van der Waals surface area contributed by atoms with Gasteiger partial charge in [-0.1, -0.05) is 18.2 Å². The van der Waals surface area contributed by atoms with Gasteiger partial charge in [-0.05, 0) is 66.6 Å². The van der Waals surface area contributed by atoms with Crippen LogP contribution in [0.3, 0.4) is 0 Å². The van der Waals surface area contributed by atoms with Gasteiger partial charge in [-0.25, -0.2) is 14.1 Å². The molecule has 3 aliphatic heterocycles. The lowest BCUT2D eigenvalue weighted by Crippen LogP contribution is -2.60. The highest BCUT2D eigenvalue weighted by molar-refractivity contribution is 5.89. The number of aryl methyl sites for hydroxylation is 1. The van der Waals surface area contributed by atoms with Gasteiger partial charge in [0, 0.05) is 25.3 Å². The number of carbonyl (C=O) groups is 2. The van der Waals surface area contributed by atoms with E-state index < -0.39 is 18.1 Å². The van der Waals surface area contributed by atoms with E-state index in [1.54, 1.807) is 24.1 Å². The van der Waals surface area contributed by atoms with Crippen LogP contribution in [0.1, 0.15) is 36.0 Å². The fourth-order valence-electron chi connectivity index (χ4n) is 5.77. The van der Waals surface area contributed by atoms with E-state index >= 15 is 0 Å². The summed E-state index contributed by atoms with van der Waals surface area (Å²) in [5.41, 5.74) is 3.03. The predicted octanol–water partition coefficient (Wildman–Crippen LogP) is 2.24. The van der Waals surface area contributed by atoms with Gasteiger partial charge in [-0.3, -0.25) is 4.79 Å². The third kappa shape index (κ3) is 3.85. The second-order valence-electron chi connectivity index (χ2n) is 9.98. The number of hydrogen-bond acceptors (Lipinski definition) is 6. The SMILES string of the molecule is CNC(=O)Nc1ccc2c(c1)CC[C@@]21OC2OC1N2CC(=O)N(Cc1ccc(F)cc1)[C@H]1C[C@H](O)C1. The van der Waals surface area contributed by atoms with Gasteiger partial charge in [-0.15, -0.1) is 0 Å². The molecular formula is C26H29FN4O5. The Morgan fingerprint density at radius 2 is 2.00 bits per heavy atom. The molecule has 2 unspecified atom stereocenters. The first-order chi connectivity index (χ1) is 17.4. The standard InChI is InChI=1S/C26H29FN4O5/c1-28-24(34)29-18-6-7-21-16(10-18)8-9-26(21)23-31(25(35-23)36-26)14-22(33)30(19-11-20(32)12-19)13-15-2-4-17(27)5-3-15/h2-7,10,19-20,23,25,32H,8-9,11-14H2,1H3,(H2,28,29,34)/t19-,20-,23?,25?,26-/m1/s1. The summed E-state index contributed by atoms with van der Waals surface area (Å²) in [4.78, 5) is 28.9. The van der Waals surface area contributed by atoms with Crippen LogP contribution in [-0.2, 0) is 32.8 Å². The maximum atomic E-state index is 13.5. The van der Waals surface area contributed by atoms with Gasteiger partial charge in [-0.2, -0.15) is 0 Å². The highest BCUT2D eigenvalue weighted by atomic mass is 19.1. The zero-order valence-electron chi connectivity index (χ0n) is 19.9. The van der Waals surface area contributed by atoms with Crippen LogP contribution in [-0.4, -0.2) is 65.2 Å². The van der Waals surface area contributed by atoms with Crippen molar-refractivity contribution >= 4 is 17.6 Å². The van der Waals surface area contributed by atoms with Crippen molar-refractivity contribution < 1.29 is 28.6 Å². The minimum absolute atomic E-state index is 0.0503. The van der Waals surface area contributed by atoms with Crippen LogP contribution in [0.5, 0.6) is 0 Å². The fraction of sp³-hybridized carbons (Fsp3) is 0.462. The van der Waals surface area contributed by atoms with Gasteiger partial charge in [0.05, 0.1) is 12.6 Å². The summed E-state index contributed by atoms with van der Waals surface area (Å²) in [6.07, 6.45) is 1.23. The molecule has 0 radical (unpaired) electrons. The van der Waals surface area contributed by atoms with E-state index in [0.717, 1.165) is 29.5 Å². The van der Waals surface area contributed by atoms with Crippen molar-refractivity contribution in [3.63, 3.8) is 0 Å². The number of fused-ring (bicyclic) bond motifs is 1. The maximum absolute atomic E-state index is 13.5. The van der Waals surface area contributed by atoms with Gasteiger partial charge in [0.1, 0.15) is 11.4 Å². The molecule has 3 N–H and O–H groups in total. The summed E-state index contributed by atoms with van der Waals surface area (Å²) in [5, 5.41) is 15.2. The molecule has 5 aliphatic rings. The molecule has 10 heteroatoms. The maximum Gasteiger partial charge on any atom is 0.318 e. The van der Waals surface area contributed by atoms with Crippen LogP contribution >= 0.6 is 0 Å². The molecule has 1 saturated carbocycles. The van der Waals surface area contributed by atoms with Crippen LogP contribution in [0.25, 0.3) is 0 Å². The normalized spacial score (nSPS) is 29.9. The van der Waals surface area contributed by atoms with Crippen LogP contribution in [0.2, 0.25) is 0 Å². The first-order valence-electron chi connectivity index (χ1n) is 12.3. The average molecular weight is 497 g/mol. The fourth-order valence-corrected chi connectivity index (χ4v) is 5.77. The molecule has 3 atom stereocenters. The third-order valence-corrected chi connectivity index (χ3v) is 7.77. The van der Waals surface area contributed by atoms with Crippen molar-refractivity contribution in [2.24, 2.45) is 0 Å². The summed E-state index contributed by atoms with van der Waals surface area (Å²) in [6.45, 7) is 0.493. The van der Waals surface area contributed by atoms with Crippen molar-refractivity contribution in [3.8, 4) is 0 Å². The zero-order chi connectivity index (χ0) is 25.0. The lowest BCUT2D eigenvalue weighted by atomic mass is 9.87. The monoisotopic (exact) mass is 496 g/mol. The average Bonchev–Trinajstić information content (AvgIpc) is 3.51. The Morgan fingerprint density at radius 3 is 2.72 bits per heavy atom. The number of nitrogens with one attached hydrogen (secondary N) is 2. The van der Waals surface area contributed by atoms with Crippen LogP contribution in [0.4, 0.5) is 14.9 Å². The van der Waals surface area contributed by atoms with E-state index in [0.29, 0.717) is 25.1 Å². The number of amides is 3. The number of halogens is 1. The van der Waals surface area contributed by atoms with Crippen molar-refractivity contribution in [1.82, 2.24) is 15.1 Å². The molecule has 2 aromatic rings. The number of nitrogens with zero attached hydrogens (tertiary/aromatic N) is 2. The van der Waals surface area contributed by atoms with Crippen LogP contribution < -0.4 is 10.6 Å². The molecule has 3 saturated heterocycles. The Balaban J connectivity index is 1.17. The van der Waals surface area contributed by atoms with Crippen molar-refractivity contribution in [3.05, 3.63) is 65.0 Å². The smallest absolute Gasteiger partial charge is 0.318 e. The molecule has 2 aromatic carbocycles. The van der Waals surface area contributed by atoms with Gasteiger partial charge >= 0.3 is 6.03 Å². The first kappa shape index (κ1) is 23.4. The van der Waals surface area contributed by atoms with Gasteiger partial charge in [0.15, 0.2) is 6.23 Å². The molecular weight excluding hydrogens is 467 g/mol. The van der Waals surface area contributed by atoms with Gasteiger partial charge in [0.25, 0.3) is 0 Å². The minimum atomic E-state index is -0.639. The molecule has 190 valence electrons. The van der Waals surface area contributed by atoms with Crippen LogP contribution in [0.15, 0.2) is 42.5 Å². The van der Waals surface area contributed by atoms with E-state index in [-0.39, 0.29) is 36.6 Å². The number of benzene rings is 2. The molecule has 2 aliphatic carbocycles. The Morgan fingerprint density at radius 1 is 1.22 bits per heavy atom. The second-order valence-corrected chi connectivity index (χ2v) is 9.98. The minimum Gasteiger partial charge on any atom is -0.393 e. The van der Waals surface area contributed by atoms with E-state index in [9.17, 15) is 19.1 Å². The number of aliphatic hydroxyl groups excluding tert-OH is 1. The molecule has 3 heterocycles. The van der Waals surface area contributed by atoms with E-state index in [4.69, 9.17) is 9.47 Å². The molecule has 36 heavy (non-hydrogen) atoms. The van der Waals surface area contributed by atoms with E-state index in [1.807, 2.05) is 23.1 Å². The topological polar surface area (TPSA) is 103 Å². The molecule has 1 spiro atoms. The number of carbonyl (C=O) groups excluding carboxylic acids is 2. The lowest BCUT2D eigenvalue weighted by Gasteiger charge is -2.44. The zero-order valence-corrected chi connectivity index (χ0v) is 19.9. The van der Waals surface area contributed by atoms with Crippen molar-refractivity contribution in [1.29, 1.82) is 0 Å². The molecule has 7 rings (SSSR count). The van der Waals surface area contributed by atoms with Crippen molar-refractivity contribution in [2.45, 2.75) is 62.6 Å². The Hall–Kier alpha value is -3.05. The Labute approximate surface area is 208 Å². The number of rotatable bonds is 6. The Bertz CT molecular complexity index is 1190. The summed E-state index contributed by atoms with van der Waals surface area (Å²) in [5.74, 6) is -0.389. The molecule has 2 bridgehead atoms. The number of hydrogen-bond donors (Lipinski definition) is 3. The number of ether oxygens (including phenoxy) is 2. The first-order valence-corrected chi connectivity index (χ1v) is 12.3. The molecule has 9 nitrogen and oxygen atoms in total. The predicted molar refractivity (Wildman–Crippen MR) is 127 cm³/mol. The van der Waals surface area contributed by atoms with Crippen LogP contribution in [0, 0.1) is 5.82 Å².